The van der Waals surface area contributed by atoms with Crippen LogP contribution in [-0.4, -0.2) is 71.6 Å². The van der Waals surface area contributed by atoms with Crippen molar-refractivity contribution in [3.8, 4) is 0 Å². The van der Waals surface area contributed by atoms with E-state index in [2.05, 4.69) is 11.5 Å². The van der Waals surface area contributed by atoms with Gasteiger partial charge in [0.15, 0.2) is 0 Å². The monoisotopic (exact) mass is 325 g/mol. The zero-order valence-electron chi connectivity index (χ0n) is 6.88. The summed E-state index contributed by atoms with van der Waals surface area (Å²) in [6.45, 7) is 5.00. The van der Waals surface area contributed by atoms with Crippen molar-refractivity contribution in [2.45, 2.75) is 6.92 Å². The fourth-order valence-electron chi connectivity index (χ4n) is 0.534. The van der Waals surface area contributed by atoms with Crippen molar-refractivity contribution in [1.29, 1.82) is 0 Å². The van der Waals surface area contributed by atoms with Gasteiger partial charge in [-0.15, -0.1) is 0 Å². The molecular formula is C9H10BaGa. The van der Waals surface area contributed by atoms with Crippen molar-refractivity contribution in [3.05, 3.63) is 42.8 Å². The van der Waals surface area contributed by atoms with Crippen molar-refractivity contribution in [2.24, 2.45) is 0 Å². The predicted octanol–water partition coefficient (Wildman–Crippen LogP) is 1.34. The molecule has 1 aromatic rings. The summed E-state index contributed by atoms with van der Waals surface area (Å²) >= 11 is 1.51. The first-order valence-corrected chi connectivity index (χ1v) is 4.37. The second-order valence-corrected chi connectivity index (χ2v) is 2.12. The Balaban J connectivity index is 0. The molecule has 0 saturated carbocycles. The predicted molar refractivity (Wildman–Crippen MR) is 53.1 cm³/mol. The molecule has 51 valence electrons. The summed E-state index contributed by atoms with van der Waals surface area (Å²) in [5.41, 5.74) is 1.19. The van der Waals surface area contributed by atoms with Gasteiger partial charge in [0, 0.05) is 0 Å². The van der Waals surface area contributed by atoms with E-state index in [1.807, 2.05) is 30.3 Å². The van der Waals surface area contributed by atoms with Crippen LogP contribution < -0.4 is 0 Å². The second-order valence-electron chi connectivity index (χ2n) is 1.51. The molecule has 0 atom stereocenters. The van der Waals surface area contributed by atoms with Gasteiger partial charge in [-0.2, -0.15) is 6.92 Å². The van der Waals surface area contributed by atoms with Gasteiger partial charge < -0.3 is 6.92 Å². The molecule has 0 saturated heterocycles. The van der Waals surface area contributed by atoms with Crippen LogP contribution in [0.25, 0.3) is 0 Å². The summed E-state index contributed by atoms with van der Waals surface area (Å²) in [6.07, 6.45) is 0. The third-order valence-electron chi connectivity index (χ3n) is 0.940. The van der Waals surface area contributed by atoms with Gasteiger partial charge in [0.05, 0.1) is 0 Å². The molecule has 0 aromatic heterocycles. The Morgan fingerprint density at radius 2 is 1.64 bits per heavy atom. The molecule has 0 aliphatic rings. The molecule has 0 spiro atoms. The molecule has 0 N–H and O–H groups in total. The van der Waals surface area contributed by atoms with Crippen LogP contribution in [0.15, 0.2) is 30.3 Å². The molecule has 2 heteroatoms. The Kier molecular flexibility index (Phi) is 15.2. The molecular weight excluding hydrogens is 315 g/mol. The fraction of sp³-hybridized carbons (Fsp3) is 0.111. The molecule has 0 nitrogen and oxygen atoms in total. The Bertz CT molecular complexity index is 172. The first kappa shape index (κ1) is 14.8. The van der Waals surface area contributed by atoms with Crippen LogP contribution >= 0.6 is 0 Å². The van der Waals surface area contributed by atoms with Crippen LogP contribution in [0.3, 0.4) is 0 Å². The van der Waals surface area contributed by atoms with Gasteiger partial charge in [0.2, 0.25) is 0 Å². The second kappa shape index (κ2) is 11.3. The van der Waals surface area contributed by atoms with Crippen molar-refractivity contribution < 1.29 is 0 Å². The third-order valence-corrected chi connectivity index (χ3v) is 1.64. The first-order chi connectivity index (χ1) is 4.93. The van der Waals surface area contributed by atoms with Crippen molar-refractivity contribution >= 4 is 71.6 Å². The Morgan fingerprint density at radius 3 is 1.91 bits per heavy atom. The van der Waals surface area contributed by atoms with Crippen LogP contribution in [-0.2, 0) is 0 Å². The molecule has 0 aliphatic heterocycles. The van der Waals surface area contributed by atoms with Crippen LogP contribution in [0, 0.1) is 6.92 Å². The van der Waals surface area contributed by atoms with E-state index in [0.717, 1.165) is 0 Å². The molecule has 0 unspecified atom stereocenters. The normalized spacial score (nSPS) is 6.64. The number of hydrogen-bond acceptors (Lipinski definition) is 0. The van der Waals surface area contributed by atoms with Crippen molar-refractivity contribution in [2.75, 3.05) is 0 Å². The average Bonchev–Trinajstić information content (AvgIpc) is 2.10. The fourth-order valence-corrected chi connectivity index (χ4v) is 0.938. The number of rotatable bonds is 1. The maximum absolute atomic E-state index is 3.25. The average molecular weight is 325 g/mol. The summed E-state index contributed by atoms with van der Waals surface area (Å²) < 4.78 is 3.09. The van der Waals surface area contributed by atoms with E-state index in [0.29, 0.717) is 0 Å². The van der Waals surface area contributed by atoms with Gasteiger partial charge in [-0.05, 0) is 0 Å². The maximum atomic E-state index is 3.25. The van der Waals surface area contributed by atoms with Crippen LogP contribution in [0.2, 0.25) is 0 Å². The van der Waals surface area contributed by atoms with Crippen LogP contribution in [0.5, 0.6) is 0 Å². The Labute approximate surface area is 119 Å². The van der Waals surface area contributed by atoms with Gasteiger partial charge in [0.1, 0.15) is 0 Å². The van der Waals surface area contributed by atoms with E-state index in [1.54, 1.807) is 6.92 Å². The minimum atomic E-state index is 0. The topological polar surface area (TPSA) is 0 Å². The number of benzene rings is 1. The first-order valence-electron chi connectivity index (χ1n) is 3.16. The SMILES string of the molecule is [Ba+2].[CH2-]C.[Ga]=[C-]c1ccccc1. The summed E-state index contributed by atoms with van der Waals surface area (Å²) in [5, 5.41) is 0. The van der Waals surface area contributed by atoms with E-state index in [4.69, 9.17) is 0 Å². The molecule has 1 rings (SSSR count). The van der Waals surface area contributed by atoms with E-state index >= 15 is 0 Å². The summed E-state index contributed by atoms with van der Waals surface area (Å²) in [4.78, 5) is 0. The molecule has 1 radical (unpaired) electrons. The molecule has 0 amide bonds. The van der Waals surface area contributed by atoms with Crippen molar-refractivity contribution in [3.63, 3.8) is 0 Å². The molecule has 11 heavy (non-hydrogen) atoms. The molecule has 1 aromatic carbocycles. The Hall–Kier alpha value is 1.30. The minimum absolute atomic E-state index is 0. The Morgan fingerprint density at radius 1 is 1.18 bits per heavy atom. The van der Waals surface area contributed by atoms with Gasteiger partial charge in [0.25, 0.3) is 0 Å². The van der Waals surface area contributed by atoms with Crippen LogP contribution in [0.1, 0.15) is 12.5 Å². The quantitative estimate of drug-likeness (QED) is 0.540. The third kappa shape index (κ3) is 7.65. The van der Waals surface area contributed by atoms with Crippen molar-refractivity contribution in [1.82, 2.24) is 0 Å². The van der Waals surface area contributed by atoms with Gasteiger partial charge >= 0.3 is 107 Å². The van der Waals surface area contributed by atoms with E-state index in [9.17, 15) is 0 Å². The van der Waals surface area contributed by atoms with Gasteiger partial charge in [-0.3, -0.25) is 0 Å². The molecule has 0 fully saturated rings. The summed E-state index contributed by atoms with van der Waals surface area (Å²) in [7, 11) is 0. The molecule has 0 heterocycles. The van der Waals surface area contributed by atoms with Crippen LogP contribution in [0.4, 0.5) is 0 Å². The van der Waals surface area contributed by atoms with E-state index in [1.165, 1.54) is 23.7 Å². The zero-order chi connectivity index (χ0) is 7.82. The van der Waals surface area contributed by atoms with E-state index < -0.39 is 0 Å². The summed E-state index contributed by atoms with van der Waals surface area (Å²) in [5.74, 6) is 0. The molecule has 0 bridgehead atoms. The number of hydrogen-bond donors (Lipinski definition) is 0. The van der Waals surface area contributed by atoms with Gasteiger partial charge in [-0.1, -0.05) is 0 Å². The van der Waals surface area contributed by atoms with Gasteiger partial charge in [-0.25, -0.2) is 0 Å². The van der Waals surface area contributed by atoms with E-state index in [-0.39, 0.29) is 48.9 Å². The standard InChI is InChI=1S/C7H5.C2H5.Ba.Ga/c1-7-5-3-2-4-6-7;1-2;;/h2-6H;1H2,2H3;;/q2*-1;+2;. The molecule has 0 aliphatic carbocycles. The zero-order valence-corrected chi connectivity index (χ0v) is 13.7. The summed E-state index contributed by atoms with van der Waals surface area (Å²) in [6, 6.07) is 10.1.